The van der Waals surface area contributed by atoms with E-state index < -0.39 is 0 Å². The lowest BCUT2D eigenvalue weighted by Crippen LogP contribution is -1.87. The smallest absolute Gasteiger partial charge is 0.258 e. The lowest BCUT2D eigenvalue weighted by molar-refractivity contribution is -0.384. The molecule has 2 rings (SSSR count). The average Bonchev–Trinajstić information content (AvgIpc) is 2.30. The molecule has 0 amide bonds. The molecule has 0 bridgehead atoms. The molecule has 2 aromatic carbocycles. The molecule has 84 valence electrons. The maximum absolute atomic E-state index is 10.5. The van der Waals surface area contributed by atoms with E-state index in [2.05, 4.69) is 0 Å². The number of rotatable bonds is 1. The van der Waals surface area contributed by atoms with Crippen LogP contribution in [0.2, 0.25) is 0 Å². The van der Waals surface area contributed by atoms with Crippen molar-refractivity contribution in [2.45, 2.75) is 20.8 Å². The molecule has 0 saturated heterocycles. The van der Waals surface area contributed by atoms with Gasteiger partial charge >= 0.3 is 0 Å². The summed E-state index contributed by atoms with van der Waals surface area (Å²) in [5.41, 5.74) is 1.30. The summed E-state index contributed by atoms with van der Waals surface area (Å²) in [4.78, 5) is 10.1. The monoisotopic (exact) mass is 217 g/mol. The van der Waals surface area contributed by atoms with Crippen molar-refractivity contribution in [1.82, 2.24) is 0 Å². The molecule has 3 heteroatoms. The van der Waals surface area contributed by atoms with Gasteiger partial charge in [-0.1, -0.05) is 37.6 Å². The molecular formula is C13H15NO2. The minimum absolute atomic E-state index is 0.140. The predicted molar refractivity (Wildman–Crippen MR) is 66.7 cm³/mol. The van der Waals surface area contributed by atoms with Gasteiger partial charge in [0.15, 0.2) is 0 Å². The van der Waals surface area contributed by atoms with Crippen molar-refractivity contribution < 1.29 is 4.92 Å². The van der Waals surface area contributed by atoms with Gasteiger partial charge in [-0.05, 0) is 23.8 Å². The number of benzene rings is 2. The summed E-state index contributed by atoms with van der Waals surface area (Å²) in [5, 5.41) is 12.5. The highest BCUT2D eigenvalue weighted by atomic mass is 16.6. The first-order valence-electron chi connectivity index (χ1n) is 5.31. The Bertz CT molecular complexity index is 506. The van der Waals surface area contributed by atoms with E-state index in [1.807, 2.05) is 39.0 Å². The molecule has 0 unspecified atom stereocenters. The number of hydrogen-bond acceptors (Lipinski definition) is 2. The number of nitro groups is 1. The second-order valence-electron chi connectivity index (χ2n) is 3.29. The summed E-state index contributed by atoms with van der Waals surface area (Å²) in [6.45, 7) is 6.00. The maximum atomic E-state index is 10.5. The van der Waals surface area contributed by atoms with Crippen LogP contribution in [0.4, 0.5) is 5.69 Å². The highest BCUT2D eigenvalue weighted by Gasteiger charge is 2.05. The number of nitro benzene ring substituents is 1. The van der Waals surface area contributed by atoms with Gasteiger partial charge in [-0.25, -0.2) is 0 Å². The Kier molecular flexibility index (Phi) is 4.00. The number of fused-ring (bicyclic) bond motifs is 1. The molecule has 0 heterocycles. The van der Waals surface area contributed by atoms with Crippen LogP contribution in [0.25, 0.3) is 10.8 Å². The van der Waals surface area contributed by atoms with Crippen LogP contribution >= 0.6 is 0 Å². The standard InChI is InChI=1S/C11H9NO2.C2H6/c1-8-2-3-10-7-11(12(13)14)5-4-9(10)6-8;1-2/h2-7H,1H3;1-2H3. The van der Waals surface area contributed by atoms with Crippen LogP contribution < -0.4 is 0 Å². The molecular weight excluding hydrogens is 202 g/mol. The molecule has 0 aliphatic heterocycles. The fourth-order valence-electron chi connectivity index (χ4n) is 1.47. The van der Waals surface area contributed by atoms with E-state index >= 15 is 0 Å². The minimum atomic E-state index is -0.376. The molecule has 0 fully saturated rings. The van der Waals surface area contributed by atoms with Crippen molar-refractivity contribution in [2.75, 3.05) is 0 Å². The van der Waals surface area contributed by atoms with E-state index in [0.717, 1.165) is 16.3 Å². The largest absolute Gasteiger partial charge is 0.270 e. The van der Waals surface area contributed by atoms with Crippen LogP contribution in [-0.4, -0.2) is 4.92 Å². The van der Waals surface area contributed by atoms with Crippen molar-refractivity contribution in [2.24, 2.45) is 0 Å². The molecule has 16 heavy (non-hydrogen) atoms. The van der Waals surface area contributed by atoms with Crippen LogP contribution in [0.3, 0.4) is 0 Å². The molecule has 0 aliphatic carbocycles. The molecule has 0 spiro atoms. The second-order valence-corrected chi connectivity index (χ2v) is 3.29. The molecule has 0 aromatic heterocycles. The Morgan fingerprint density at radius 1 is 1.00 bits per heavy atom. The van der Waals surface area contributed by atoms with Gasteiger partial charge in [0.25, 0.3) is 5.69 Å². The Labute approximate surface area is 94.9 Å². The molecule has 2 aromatic rings. The van der Waals surface area contributed by atoms with E-state index in [9.17, 15) is 10.1 Å². The molecule has 0 saturated carbocycles. The van der Waals surface area contributed by atoms with Crippen LogP contribution in [-0.2, 0) is 0 Å². The molecule has 0 atom stereocenters. The van der Waals surface area contributed by atoms with Crippen LogP contribution in [0.5, 0.6) is 0 Å². The van der Waals surface area contributed by atoms with Gasteiger partial charge in [0.2, 0.25) is 0 Å². The van der Waals surface area contributed by atoms with Gasteiger partial charge < -0.3 is 0 Å². The fourth-order valence-corrected chi connectivity index (χ4v) is 1.47. The zero-order chi connectivity index (χ0) is 12.1. The van der Waals surface area contributed by atoms with Gasteiger partial charge in [-0.15, -0.1) is 0 Å². The SMILES string of the molecule is CC.Cc1ccc2cc([N+](=O)[O-])ccc2c1. The zero-order valence-corrected chi connectivity index (χ0v) is 9.73. The Hall–Kier alpha value is -1.90. The third-order valence-corrected chi connectivity index (χ3v) is 2.19. The normalized spacial score (nSPS) is 9.44. The van der Waals surface area contributed by atoms with E-state index in [0.29, 0.717) is 0 Å². The van der Waals surface area contributed by atoms with Crippen molar-refractivity contribution in [3.63, 3.8) is 0 Å². The Balaban J connectivity index is 0.000000606. The summed E-state index contributed by atoms with van der Waals surface area (Å²) in [6, 6.07) is 10.8. The lowest BCUT2D eigenvalue weighted by atomic mass is 10.1. The third kappa shape index (κ3) is 2.57. The van der Waals surface area contributed by atoms with Gasteiger partial charge in [0.1, 0.15) is 0 Å². The predicted octanol–water partition coefficient (Wildman–Crippen LogP) is 4.08. The van der Waals surface area contributed by atoms with E-state index in [-0.39, 0.29) is 10.6 Å². The van der Waals surface area contributed by atoms with Crippen molar-refractivity contribution in [1.29, 1.82) is 0 Å². The summed E-state index contributed by atoms with van der Waals surface area (Å²) < 4.78 is 0. The summed E-state index contributed by atoms with van der Waals surface area (Å²) in [6.07, 6.45) is 0. The van der Waals surface area contributed by atoms with Gasteiger partial charge in [-0.2, -0.15) is 0 Å². The van der Waals surface area contributed by atoms with E-state index in [1.165, 1.54) is 6.07 Å². The Morgan fingerprint density at radius 2 is 1.56 bits per heavy atom. The average molecular weight is 217 g/mol. The van der Waals surface area contributed by atoms with Crippen LogP contribution in [0, 0.1) is 17.0 Å². The van der Waals surface area contributed by atoms with Crippen molar-refractivity contribution in [3.05, 3.63) is 52.1 Å². The molecule has 0 N–H and O–H groups in total. The van der Waals surface area contributed by atoms with Crippen LogP contribution in [0.1, 0.15) is 19.4 Å². The number of nitrogens with zero attached hydrogens (tertiary/aromatic N) is 1. The number of non-ortho nitro benzene ring substituents is 1. The highest BCUT2D eigenvalue weighted by molar-refractivity contribution is 5.85. The van der Waals surface area contributed by atoms with Crippen molar-refractivity contribution >= 4 is 16.5 Å². The first-order chi connectivity index (χ1) is 7.66. The third-order valence-electron chi connectivity index (χ3n) is 2.19. The highest BCUT2D eigenvalue weighted by Crippen LogP contribution is 2.21. The zero-order valence-electron chi connectivity index (χ0n) is 9.73. The second kappa shape index (κ2) is 5.26. The summed E-state index contributed by atoms with van der Waals surface area (Å²) in [7, 11) is 0. The van der Waals surface area contributed by atoms with E-state index in [1.54, 1.807) is 12.1 Å². The maximum Gasteiger partial charge on any atom is 0.270 e. The first kappa shape index (κ1) is 12.2. The summed E-state index contributed by atoms with van der Waals surface area (Å²) >= 11 is 0. The van der Waals surface area contributed by atoms with Gasteiger partial charge in [0, 0.05) is 12.1 Å². The molecule has 0 radical (unpaired) electrons. The molecule has 0 aliphatic rings. The van der Waals surface area contributed by atoms with E-state index in [4.69, 9.17) is 0 Å². The minimum Gasteiger partial charge on any atom is -0.258 e. The summed E-state index contributed by atoms with van der Waals surface area (Å²) in [5.74, 6) is 0. The van der Waals surface area contributed by atoms with Gasteiger partial charge in [-0.3, -0.25) is 10.1 Å². The van der Waals surface area contributed by atoms with Gasteiger partial charge in [0.05, 0.1) is 4.92 Å². The fraction of sp³-hybridized carbons (Fsp3) is 0.231. The molecule has 3 nitrogen and oxygen atoms in total. The Morgan fingerprint density at radius 3 is 2.19 bits per heavy atom. The van der Waals surface area contributed by atoms with Crippen LogP contribution in [0.15, 0.2) is 36.4 Å². The number of hydrogen-bond donors (Lipinski definition) is 0. The lowest BCUT2D eigenvalue weighted by Gasteiger charge is -1.98. The quantitative estimate of drug-likeness (QED) is 0.533. The van der Waals surface area contributed by atoms with Crippen molar-refractivity contribution in [3.8, 4) is 0 Å². The number of aryl methyl sites for hydroxylation is 1. The first-order valence-corrected chi connectivity index (χ1v) is 5.31. The topological polar surface area (TPSA) is 43.1 Å².